The van der Waals surface area contributed by atoms with Crippen molar-refractivity contribution in [1.29, 1.82) is 0 Å². The first-order valence-corrected chi connectivity index (χ1v) is 7.43. The maximum absolute atomic E-state index is 5.67. The average molecular weight is 273 g/mol. The van der Waals surface area contributed by atoms with Gasteiger partial charge in [0.15, 0.2) is 0 Å². The molecule has 0 amide bonds. The van der Waals surface area contributed by atoms with Crippen molar-refractivity contribution >= 4 is 10.9 Å². The van der Waals surface area contributed by atoms with Crippen LogP contribution in [-0.2, 0) is 18.2 Å². The summed E-state index contributed by atoms with van der Waals surface area (Å²) in [6.45, 7) is 5.87. The summed E-state index contributed by atoms with van der Waals surface area (Å²) < 4.78 is 7.66. The van der Waals surface area contributed by atoms with E-state index in [1.54, 1.807) is 0 Å². The molecule has 1 aromatic carbocycles. The van der Waals surface area contributed by atoms with Gasteiger partial charge in [0.2, 0.25) is 0 Å². The Kier molecular flexibility index (Phi) is 3.76. The second-order valence-electron chi connectivity index (χ2n) is 5.85. The summed E-state index contributed by atoms with van der Waals surface area (Å²) in [6.07, 6.45) is 2.10. The fraction of sp³-hybridized carbons (Fsp3) is 0.562. The van der Waals surface area contributed by atoms with Crippen LogP contribution in [0.4, 0.5) is 0 Å². The summed E-state index contributed by atoms with van der Waals surface area (Å²) in [7, 11) is 2.02. The number of hydrogen-bond donors (Lipinski definition) is 1. The van der Waals surface area contributed by atoms with Gasteiger partial charge < -0.3 is 10.1 Å². The van der Waals surface area contributed by atoms with Crippen LogP contribution in [-0.4, -0.2) is 36.1 Å². The molecule has 20 heavy (non-hydrogen) atoms. The van der Waals surface area contributed by atoms with Crippen LogP contribution >= 0.6 is 0 Å². The van der Waals surface area contributed by atoms with Crippen LogP contribution in [0.3, 0.4) is 0 Å². The highest BCUT2D eigenvalue weighted by atomic mass is 16.5. The smallest absolute Gasteiger partial charge is 0.0710 e. The third-order valence-corrected chi connectivity index (χ3v) is 4.31. The fourth-order valence-electron chi connectivity index (χ4n) is 3.16. The molecule has 1 unspecified atom stereocenters. The number of hydrogen-bond acceptors (Lipinski definition) is 3. The lowest BCUT2D eigenvalue weighted by Crippen LogP contribution is -2.36. The molecule has 1 fully saturated rings. The highest BCUT2D eigenvalue weighted by molar-refractivity contribution is 5.81. The Morgan fingerprint density at radius 3 is 3.00 bits per heavy atom. The SMILES string of the molecule is CCNCC1(Cc2nn(C)c3ccccc23)CCOC1. The first kappa shape index (κ1) is 13.6. The quantitative estimate of drug-likeness (QED) is 0.907. The molecule has 1 N–H and O–H groups in total. The van der Waals surface area contributed by atoms with E-state index < -0.39 is 0 Å². The van der Waals surface area contributed by atoms with Gasteiger partial charge in [0.25, 0.3) is 0 Å². The summed E-state index contributed by atoms with van der Waals surface area (Å²) in [5, 5.41) is 9.51. The molecule has 1 saturated heterocycles. The van der Waals surface area contributed by atoms with Crippen molar-refractivity contribution < 1.29 is 4.74 Å². The molecule has 0 aliphatic carbocycles. The highest BCUT2D eigenvalue weighted by Crippen LogP contribution is 2.33. The maximum Gasteiger partial charge on any atom is 0.0710 e. The van der Waals surface area contributed by atoms with Crippen molar-refractivity contribution in [1.82, 2.24) is 15.1 Å². The fourth-order valence-corrected chi connectivity index (χ4v) is 3.16. The molecule has 2 heterocycles. The largest absolute Gasteiger partial charge is 0.381 e. The topological polar surface area (TPSA) is 39.1 Å². The second kappa shape index (κ2) is 5.54. The van der Waals surface area contributed by atoms with Crippen LogP contribution in [0, 0.1) is 5.41 Å². The predicted octanol–water partition coefficient (Wildman–Crippen LogP) is 2.13. The molecule has 1 aliphatic rings. The first-order chi connectivity index (χ1) is 9.74. The van der Waals surface area contributed by atoms with Crippen LogP contribution in [0.25, 0.3) is 10.9 Å². The molecule has 0 radical (unpaired) electrons. The Bertz CT molecular complexity index is 584. The molecule has 4 heteroatoms. The average Bonchev–Trinajstić information content (AvgIpc) is 3.04. The Labute approximate surface area is 120 Å². The van der Waals surface area contributed by atoms with Gasteiger partial charge in [-0.3, -0.25) is 4.68 Å². The van der Waals surface area contributed by atoms with Gasteiger partial charge in [0.05, 0.1) is 17.8 Å². The highest BCUT2D eigenvalue weighted by Gasteiger charge is 2.36. The zero-order valence-corrected chi connectivity index (χ0v) is 12.4. The Hall–Kier alpha value is -1.39. The molecular formula is C16H23N3O. The lowest BCUT2D eigenvalue weighted by Gasteiger charge is -2.26. The number of nitrogens with zero attached hydrogens (tertiary/aromatic N) is 2. The normalized spacial score (nSPS) is 22.7. The number of aryl methyl sites for hydroxylation is 1. The Morgan fingerprint density at radius 2 is 2.25 bits per heavy atom. The van der Waals surface area contributed by atoms with E-state index in [-0.39, 0.29) is 5.41 Å². The molecule has 1 aliphatic heterocycles. The molecule has 2 aromatic rings. The Morgan fingerprint density at radius 1 is 1.40 bits per heavy atom. The van der Waals surface area contributed by atoms with E-state index in [0.29, 0.717) is 0 Å². The van der Waals surface area contributed by atoms with E-state index in [0.717, 1.165) is 39.1 Å². The summed E-state index contributed by atoms with van der Waals surface area (Å²) >= 11 is 0. The van der Waals surface area contributed by atoms with Gasteiger partial charge in [0, 0.05) is 37.4 Å². The summed E-state index contributed by atoms with van der Waals surface area (Å²) in [5.41, 5.74) is 2.61. The number of benzene rings is 1. The maximum atomic E-state index is 5.67. The lowest BCUT2D eigenvalue weighted by atomic mass is 9.82. The van der Waals surface area contributed by atoms with Crippen molar-refractivity contribution in [3.63, 3.8) is 0 Å². The van der Waals surface area contributed by atoms with E-state index in [1.165, 1.54) is 16.6 Å². The van der Waals surface area contributed by atoms with E-state index in [2.05, 4.69) is 36.5 Å². The molecule has 1 atom stereocenters. The van der Waals surface area contributed by atoms with Crippen LogP contribution < -0.4 is 5.32 Å². The van der Waals surface area contributed by atoms with Crippen LogP contribution in [0.5, 0.6) is 0 Å². The number of ether oxygens (including phenoxy) is 1. The molecule has 4 nitrogen and oxygen atoms in total. The Balaban J connectivity index is 1.90. The van der Waals surface area contributed by atoms with Crippen molar-refractivity contribution in [2.45, 2.75) is 19.8 Å². The molecule has 3 rings (SSSR count). The monoisotopic (exact) mass is 273 g/mol. The van der Waals surface area contributed by atoms with Gasteiger partial charge in [-0.1, -0.05) is 25.1 Å². The zero-order chi connectivity index (χ0) is 14.0. The standard InChI is InChI=1S/C16H23N3O/c1-3-17-11-16(8-9-20-12-16)10-14-13-6-4-5-7-15(13)19(2)18-14/h4-7,17H,3,8-12H2,1-2H3. The number of fused-ring (bicyclic) bond motifs is 1. The van der Waals surface area contributed by atoms with Crippen molar-refractivity contribution in [2.24, 2.45) is 12.5 Å². The van der Waals surface area contributed by atoms with E-state index >= 15 is 0 Å². The molecule has 0 bridgehead atoms. The number of aromatic nitrogens is 2. The molecular weight excluding hydrogens is 250 g/mol. The summed E-state index contributed by atoms with van der Waals surface area (Å²) in [6, 6.07) is 8.47. The van der Waals surface area contributed by atoms with Crippen LogP contribution in [0.1, 0.15) is 19.0 Å². The van der Waals surface area contributed by atoms with E-state index in [4.69, 9.17) is 9.84 Å². The van der Waals surface area contributed by atoms with Gasteiger partial charge in [-0.25, -0.2) is 0 Å². The molecule has 0 saturated carbocycles. The minimum atomic E-state index is 0.202. The summed E-state index contributed by atoms with van der Waals surface area (Å²) in [5.74, 6) is 0. The van der Waals surface area contributed by atoms with Crippen LogP contribution in [0.15, 0.2) is 24.3 Å². The minimum Gasteiger partial charge on any atom is -0.381 e. The number of para-hydroxylation sites is 1. The van der Waals surface area contributed by atoms with Gasteiger partial charge in [-0.05, 0) is 19.0 Å². The first-order valence-electron chi connectivity index (χ1n) is 7.43. The third-order valence-electron chi connectivity index (χ3n) is 4.31. The van der Waals surface area contributed by atoms with Crippen molar-refractivity contribution in [3.05, 3.63) is 30.0 Å². The van der Waals surface area contributed by atoms with Gasteiger partial charge >= 0.3 is 0 Å². The van der Waals surface area contributed by atoms with Crippen LogP contribution in [0.2, 0.25) is 0 Å². The van der Waals surface area contributed by atoms with Gasteiger partial charge in [-0.15, -0.1) is 0 Å². The number of rotatable bonds is 5. The number of nitrogens with one attached hydrogen (secondary N) is 1. The molecule has 108 valence electrons. The van der Waals surface area contributed by atoms with E-state index in [1.807, 2.05) is 11.7 Å². The molecule has 0 spiro atoms. The van der Waals surface area contributed by atoms with Crippen molar-refractivity contribution in [3.8, 4) is 0 Å². The predicted molar refractivity (Wildman–Crippen MR) is 80.8 cm³/mol. The summed E-state index contributed by atoms with van der Waals surface area (Å²) in [4.78, 5) is 0. The second-order valence-corrected chi connectivity index (χ2v) is 5.85. The zero-order valence-electron chi connectivity index (χ0n) is 12.4. The lowest BCUT2D eigenvalue weighted by molar-refractivity contribution is 0.149. The molecule has 1 aromatic heterocycles. The van der Waals surface area contributed by atoms with Crippen molar-refractivity contribution in [2.75, 3.05) is 26.3 Å². The van der Waals surface area contributed by atoms with Gasteiger partial charge in [0.1, 0.15) is 0 Å². The van der Waals surface area contributed by atoms with E-state index in [9.17, 15) is 0 Å². The minimum absolute atomic E-state index is 0.202. The third kappa shape index (κ3) is 2.45. The van der Waals surface area contributed by atoms with Gasteiger partial charge in [-0.2, -0.15) is 5.10 Å².